The van der Waals surface area contributed by atoms with Gasteiger partial charge in [-0.05, 0) is 12.1 Å². The summed E-state index contributed by atoms with van der Waals surface area (Å²) in [6, 6.07) is -6.23. The number of hydrogen-bond acceptors (Lipinski definition) is 0. The van der Waals surface area contributed by atoms with Gasteiger partial charge in [0.2, 0.25) is 0 Å². The van der Waals surface area contributed by atoms with Crippen LogP contribution < -0.4 is 0 Å². The Bertz CT molecular complexity index is 1050. The van der Waals surface area contributed by atoms with Crippen LogP contribution in [0.25, 0.3) is 0 Å². The molecule has 0 spiro atoms. The second-order valence-electron chi connectivity index (χ2n) is 8.37. The fourth-order valence-corrected chi connectivity index (χ4v) is 3.95. The van der Waals surface area contributed by atoms with Gasteiger partial charge in [0.05, 0.1) is 0 Å². The highest BCUT2D eigenvalue weighted by Crippen LogP contribution is 2.62. The van der Waals surface area contributed by atoms with E-state index in [1.165, 1.54) is 0 Å². The maximum absolute atomic E-state index is 13.8. The van der Waals surface area contributed by atoms with Gasteiger partial charge in [0.1, 0.15) is 0 Å². The summed E-state index contributed by atoms with van der Waals surface area (Å²) in [4.78, 5) is 0. The van der Waals surface area contributed by atoms with Crippen molar-refractivity contribution in [2.45, 2.75) is 84.3 Å². The normalized spacial score (nSPS) is 16.9. The largest absolute Gasteiger partial charge is 0.460 e. The van der Waals surface area contributed by atoms with E-state index in [9.17, 15) is 105 Å². The summed E-state index contributed by atoms with van der Waals surface area (Å²) in [7, 11) is 0. The number of hydrogen-bond donors (Lipinski definition) is 0. The molecule has 264 valence electrons. The van der Waals surface area contributed by atoms with E-state index < -0.39 is 102 Å². The highest BCUT2D eigenvalue weighted by Gasteiger charge is 2.91. The predicted molar refractivity (Wildman–Crippen MR) is 102 cm³/mol. The van der Waals surface area contributed by atoms with Crippen LogP contribution >= 0.6 is 33.2 Å². The van der Waals surface area contributed by atoms with Crippen LogP contribution in [-0.4, -0.2) is 71.4 Å². The molecule has 0 unspecified atom stereocenters. The Labute approximate surface area is 241 Å². The average Bonchev–Trinajstić information content (AvgIpc) is 2.78. The standard InChI is InChI=1S/C16H7Cl3F24Si/c17-44(18,19)4-3-7(23,24)10(29,30)12(33,34)11(31,32)8(25,26)5(20)1-2-6(21,22)9(27,28)13(35,36)14(37,38)15(39,40)16(41,42)43/h1H,2-4H2. The molecule has 0 N–H and O–H groups in total. The quantitative estimate of drug-likeness (QED) is 0.0934. The maximum atomic E-state index is 13.8. The van der Waals surface area contributed by atoms with Crippen LogP contribution in [0.2, 0.25) is 6.04 Å². The van der Waals surface area contributed by atoms with Crippen molar-refractivity contribution in [3.8, 4) is 0 Å². The van der Waals surface area contributed by atoms with Gasteiger partial charge < -0.3 is 0 Å². The molecule has 0 aromatic rings. The molecule has 0 rings (SSSR count). The Kier molecular flexibility index (Phi) is 11.5. The third-order valence-electron chi connectivity index (χ3n) is 5.20. The molecule has 0 aliphatic rings. The maximum Gasteiger partial charge on any atom is 0.460 e. The Morgan fingerprint density at radius 1 is 0.455 bits per heavy atom. The lowest BCUT2D eigenvalue weighted by Crippen LogP contribution is -2.70. The summed E-state index contributed by atoms with van der Waals surface area (Å²) in [5.41, 5.74) is 0. The number of rotatable bonds is 14. The van der Waals surface area contributed by atoms with E-state index in [0.717, 1.165) is 0 Å². The molecule has 0 aromatic carbocycles. The monoisotopic (exact) mass is 788 g/mol. The lowest BCUT2D eigenvalue weighted by atomic mass is 9.91. The van der Waals surface area contributed by atoms with E-state index in [-0.39, 0.29) is 0 Å². The Hall–Kier alpha value is -0.853. The van der Waals surface area contributed by atoms with Crippen molar-refractivity contribution in [2.24, 2.45) is 0 Å². The van der Waals surface area contributed by atoms with Gasteiger partial charge in [-0.3, -0.25) is 0 Å². The molecule has 0 saturated carbocycles. The highest BCUT2D eigenvalue weighted by atomic mass is 35.8. The molecule has 0 saturated heterocycles. The minimum Gasteiger partial charge on any atom is -0.205 e. The number of halogens is 27. The van der Waals surface area contributed by atoms with Crippen molar-refractivity contribution < 1.29 is 105 Å². The van der Waals surface area contributed by atoms with Crippen molar-refractivity contribution in [3.05, 3.63) is 11.9 Å². The predicted octanol–water partition coefficient (Wildman–Crippen LogP) is 11.2. The zero-order valence-corrected chi connectivity index (χ0v) is 22.7. The zero-order chi connectivity index (χ0) is 36.4. The third-order valence-corrected chi connectivity index (χ3v) is 7.72. The topological polar surface area (TPSA) is 0 Å². The first-order valence-electron chi connectivity index (χ1n) is 9.86. The molecular formula is C16H7Cl3F24Si. The Morgan fingerprint density at radius 3 is 1.11 bits per heavy atom. The molecule has 0 bridgehead atoms. The van der Waals surface area contributed by atoms with Crippen LogP contribution in [-0.2, 0) is 0 Å². The number of alkyl halides is 23. The molecule has 0 fully saturated rings. The highest BCUT2D eigenvalue weighted by molar-refractivity contribution is 7.64. The average molecular weight is 790 g/mol. The fourth-order valence-electron chi connectivity index (χ4n) is 2.51. The molecule has 0 radical (unpaired) electrons. The van der Waals surface area contributed by atoms with Crippen LogP contribution in [0.5, 0.6) is 0 Å². The summed E-state index contributed by atoms with van der Waals surface area (Å²) in [6.07, 6.45) is -17.1. The van der Waals surface area contributed by atoms with Crippen LogP contribution in [0.3, 0.4) is 0 Å². The minimum atomic E-state index is -8.57. The molecule has 0 amide bonds. The van der Waals surface area contributed by atoms with Gasteiger partial charge in [-0.25, -0.2) is 4.39 Å². The van der Waals surface area contributed by atoms with Crippen LogP contribution in [0, 0.1) is 0 Å². The Morgan fingerprint density at radius 2 is 0.773 bits per heavy atom. The summed E-state index contributed by atoms with van der Waals surface area (Å²) >= 11 is 15.0. The van der Waals surface area contributed by atoms with Crippen LogP contribution in [0.1, 0.15) is 12.8 Å². The van der Waals surface area contributed by atoms with E-state index in [0.29, 0.717) is 0 Å². The summed E-state index contributed by atoms with van der Waals surface area (Å²) in [5, 5.41) is 0. The molecule has 0 aliphatic carbocycles. The second kappa shape index (κ2) is 11.7. The van der Waals surface area contributed by atoms with Gasteiger partial charge in [0.15, 0.2) is 5.83 Å². The van der Waals surface area contributed by atoms with E-state index in [2.05, 4.69) is 0 Å². The molecular weight excluding hydrogens is 783 g/mol. The zero-order valence-electron chi connectivity index (χ0n) is 19.4. The van der Waals surface area contributed by atoms with E-state index in [1.54, 1.807) is 0 Å². The van der Waals surface area contributed by atoms with Crippen molar-refractivity contribution in [1.82, 2.24) is 0 Å². The van der Waals surface area contributed by atoms with Gasteiger partial charge in [-0.15, -0.1) is 33.2 Å². The molecule has 0 heterocycles. The lowest BCUT2D eigenvalue weighted by molar-refractivity contribution is -0.439. The molecule has 28 heteroatoms. The summed E-state index contributed by atoms with van der Waals surface area (Å²) in [6.45, 7) is 0. The van der Waals surface area contributed by atoms with Gasteiger partial charge in [-0.1, -0.05) is 0 Å². The fraction of sp³-hybridized carbons (Fsp3) is 0.875. The van der Waals surface area contributed by atoms with E-state index in [4.69, 9.17) is 33.2 Å². The van der Waals surface area contributed by atoms with E-state index in [1.807, 2.05) is 0 Å². The molecule has 0 aromatic heterocycles. The molecule has 0 nitrogen and oxygen atoms in total. The first-order valence-corrected chi connectivity index (χ1v) is 15.1. The Balaban J connectivity index is 6.68. The first kappa shape index (κ1) is 43.1. The van der Waals surface area contributed by atoms with Crippen molar-refractivity contribution in [1.29, 1.82) is 0 Å². The van der Waals surface area contributed by atoms with Gasteiger partial charge in [0, 0.05) is 12.8 Å². The van der Waals surface area contributed by atoms with Crippen molar-refractivity contribution in [2.75, 3.05) is 0 Å². The van der Waals surface area contributed by atoms with E-state index >= 15 is 0 Å². The first-order chi connectivity index (χ1) is 18.6. The lowest BCUT2D eigenvalue weighted by Gasteiger charge is -2.40. The van der Waals surface area contributed by atoms with Crippen LogP contribution in [0.4, 0.5) is 105 Å². The minimum absolute atomic E-state index is 1.76. The van der Waals surface area contributed by atoms with Gasteiger partial charge >= 0.3 is 71.4 Å². The summed E-state index contributed by atoms with van der Waals surface area (Å²) in [5.74, 6) is -84.2. The summed E-state index contributed by atoms with van der Waals surface area (Å²) < 4.78 is 319. The second-order valence-corrected chi connectivity index (χ2v) is 17.7. The van der Waals surface area contributed by atoms with Crippen molar-refractivity contribution in [3.63, 3.8) is 0 Å². The molecule has 0 atom stereocenters. The third kappa shape index (κ3) is 6.75. The van der Waals surface area contributed by atoms with Gasteiger partial charge in [0.25, 0.3) is 0 Å². The SMILES string of the molecule is FC(=CCC(F)(F)C(F)(F)C(F)(F)C(F)(F)C(F)(F)C(F)(F)F)C(F)(F)C(F)(F)C(F)(F)C(F)(F)C(F)(F)CC[Si](Cl)(Cl)Cl. The molecule has 0 aliphatic heterocycles. The van der Waals surface area contributed by atoms with Crippen molar-refractivity contribution >= 4 is 39.2 Å². The number of allylic oxidation sites excluding steroid dienone is 2. The molecule has 44 heavy (non-hydrogen) atoms. The van der Waals surface area contributed by atoms with Gasteiger partial charge in [-0.2, -0.15) is 101 Å². The van der Waals surface area contributed by atoms with Crippen LogP contribution in [0.15, 0.2) is 11.9 Å². The smallest absolute Gasteiger partial charge is 0.205 e.